The molecule has 3 aliphatic rings. The van der Waals surface area contributed by atoms with Gasteiger partial charge in [-0.1, -0.05) is 6.07 Å². The van der Waals surface area contributed by atoms with Gasteiger partial charge in [0.15, 0.2) is 5.82 Å². The molecule has 0 aliphatic carbocycles. The molecular weight excluding hydrogens is 428 g/mol. The molecule has 0 bridgehead atoms. The van der Waals surface area contributed by atoms with E-state index in [2.05, 4.69) is 46.0 Å². The molecule has 0 spiro atoms. The molecule has 3 aliphatic heterocycles. The number of amides is 1. The number of nitrogens with zero attached hydrogens (tertiary/aromatic N) is 6. The highest BCUT2D eigenvalue weighted by atomic mass is 16.5. The van der Waals surface area contributed by atoms with Gasteiger partial charge in [0.2, 0.25) is 5.91 Å². The molecule has 0 saturated carbocycles. The third-order valence-electron chi connectivity index (χ3n) is 7.54. The number of hydrogen-bond acceptors (Lipinski definition) is 5. The van der Waals surface area contributed by atoms with E-state index in [9.17, 15) is 4.79 Å². The predicted molar refractivity (Wildman–Crippen MR) is 130 cm³/mol. The molecular formula is C26H32N6O2. The fourth-order valence-corrected chi connectivity index (χ4v) is 5.80. The molecule has 0 radical (unpaired) electrons. The molecule has 8 heteroatoms. The summed E-state index contributed by atoms with van der Waals surface area (Å²) in [6, 6.07) is 7.05. The van der Waals surface area contributed by atoms with Gasteiger partial charge in [-0.05, 0) is 49.4 Å². The highest BCUT2D eigenvalue weighted by molar-refractivity contribution is 5.76. The van der Waals surface area contributed by atoms with Crippen molar-refractivity contribution in [1.29, 1.82) is 0 Å². The highest BCUT2D eigenvalue weighted by Gasteiger charge is 2.33. The van der Waals surface area contributed by atoms with E-state index in [0.29, 0.717) is 13.2 Å². The van der Waals surface area contributed by atoms with Crippen LogP contribution in [0.2, 0.25) is 0 Å². The van der Waals surface area contributed by atoms with Crippen molar-refractivity contribution in [2.45, 2.75) is 52.1 Å². The first-order chi connectivity index (χ1) is 16.5. The van der Waals surface area contributed by atoms with E-state index in [0.717, 1.165) is 56.9 Å². The number of rotatable bonds is 3. The number of aromatic nitrogens is 4. The van der Waals surface area contributed by atoms with Crippen molar-refractivity contribution in [1.82, 2.24) is 24.5 Å². The Kier molecular flexibility index (Phi) is 5.21. The van der Waals surface area contributed by atoms with E-state index >= 15 is 0 Å². The Labute approximate surface area is 200 Å². The van der Waals surface area contributed by atoms with Crippen LogP contribution in [0.25, 0.3) is 11.1 Å². The van der Waals surface area contributed by atoms with E-state index < -0.39 is 0 Å². The number of hydrogen-bond donors (Lipinski definition) is 0. The van der Waals surface area contributed by atoms with E-state index in [1.165, 1.54) is 33.6 Å². The maximum Gasteiger partial charge on any atom is 0.219 e. The lowest BCUT2D eigenvalue weighted by molar-refractivity contribution is -0.129. The van der Waals surface area contributed by atoms with Crippen molar-refractivity contribution in [3.05, 3.63) is 46.9 Å². The van der Waals surface area contributed by atoms with E-state index in [1.54, 1.807) is 6.92 Å². The second-order valence-corrected chi connectivity index (χ2v) is 9.80. The molecule has 2 aromatic heterocycles. The standard InChI is InChI=1S/C26H32N6O2/c1-17-22(14-29(3)27-17)19-6-7-24-20(13-19)5-4-10-31(24)26-23-15-30(18(2)33)11-8-25(23)32(28-26)21-9-12-34-16-21/h6-7,13-14,21H,4-5,8-12,15-16H2,1-3H3. The van der Waals surface area contributed by atoms with E-state index in [-0.39, 0.29) is 11.9 Å². The van der Waals surface area contributed by atoms with Crippen LogP contribution in [0.5, 0.6) is 0 Å². The maximum absolute atomic E-state index is 12.2. The van der Waals surface area contributed by atoms with Gasteiger partial charge < -0.3 is 14.5 Å². The van der Waals surface area contributed by atoms with Gasteiger partial charge in [-0.15, -0.1) is 0 Å². The summed E-state index contributed by atoms with van der Waals surface area (Å²) in [4.78, 5) is 16.5. The molecule has 1 atom stereocenters. The lowest BCUT2D eigenvalue weighted by atomic mass is 9.96. The first-order valence-electron chi connectivity index (χ1n) is 12.3. The number of aryl methyl sites for hydroxylation is 3. The zero-order chi connectivity index (χ0) is 23.4. The lowest BCUT2D eigenvalue weighted by Gasteiger charge is -2.32. The van der Waals surface area contributed by atoms with Gasteiger partial charge in [0.05, 0.1) is 24.9 Å². The minimum Gasteiger partial charge on any atom is -0.379 e. The Morgan fingerprint density at radius 2 is 2.06 bits per heavy atom. The summed E-state index contributed by atoms with van der Waals surface area (Å²) >= 11 is 0. The Bertz CT molecular complexity index is 1250. The van der Waals surface area contributed by atoms with Crippen LogP contribution in [0.1, 0.15) is 48.3 Å². The molecule has 1 aromatic carbocycles. The summed E-state index contributed by atoms with van der Waals surface area (Å²) in [5, 5.41) is 9.72. The van der Waals surface area contributed by atoms with Crippen LogP contribution in [0.3, 0.4) is 0 Å². The Hall–Kier alpha value is -3.13. The van der Waals surface area contributed by atoms with Crippen LogP contribution in [-0.2, 0) is 36.0 Å². The molecule has 8 nitrogen and oxygen atoms in total. The van der Waals surface area contributed by atoms with Crippen molar-refractivity contribution >= 4 is 17.4 Å². The molecule has 1 fully saturated rings. The van der Waals surface area contributed by atoms with Gasteiger partial charge in [0, 0.05) is 68.8 Å². The van der Waals surface area contributed by atoms with Gasteiger partial charge in [0.25, 0.3) is 0 Å². The SMILES string of the molecule is CC(=O)N1CCc2c(c(N3CCCc4cc(-c5cn(C)nc5C)ccc43)nn2C2CCOC2)C1. The second-order valence-electron chi connectivity index (χ2n) is 9.80. The van der Waals surface area contributed by atoms with Crippen LogP contribution < -0.4 is 4.90 Å². The van der Waals surface area contributed by atoms with Crippen LogP contribution in [-0.4, -0.2) is 56.7 Å². The van der Waals surface area contributed by atoms with Gasteiger partial charge in [-0.25, -0.2) is 0 Å². The molecule has 1 amide bonds. The Balaban J connectivity index is 1.42. The molecule has 0 N–H and O–H groups in total. The van der Waals surface area contributed by atoms with Crippen molar-refractivity contribution in [2.75, 3.05) is 31.2 Å². The van der Waals surface area contributed by atoms with Crippen molar-refractivity contribution in [2.24, 2.45) is 7.05 Å². The quantitative estimate of drug-likeness (QED) is 0.598. The normalized spacial score (nSPS) is 19.9. The summed E-state index contributed by atoms with van der Waals surface area (Å²) < 4.78 is 9.79. The number of carbonyl (C=O) groups is 1. The number of carbonyl (C=O) groups excluding carboxylic acids is 1. The smallest absolute Gasteiger partial charge is 0.219 e. The Morgan fingerprint density at radius 3 is 2.79 bits per heavy atom. The molecule has 5 heterocycles. The third kappa shape index (κ3) is 3.52. The third-order valence-corrected chi connectivity index (χ3v) is 7.54. The lowest BCUT2D eigenvalue weighted by Crippen LogP contribution is -2.35. The maximum atomic E-state index is 12.2. The highest BCUT2D eigenvalue weighted by Crippen LogP contribution is 2.40. The van der Waals surface area contributed by atoms with Gasteiger partial charge in [0.1, 0.15) is 0 Å². The first kappa shape index (κ1) is 21.4. The summed E-state index contributed by atoms with van der Waals surface area (Å²) in [5.74, 6) is 1.14. The zero-order valence-electron chi connectivity index (χ0n) is 20.3. The molecule has 34 heavy (non-hydrogen) atoms. The van der Waals surface area contributed by atoms with Crippen LogP contribution >= 0.6 is 0 Å². The average Bonchev–Trinajstić information content (AvgIpc) is 3.56. The van der Waals surface area contributed by atoms with E-state index in [4.69, 9.17) is 9.84 Å². The van der Waals surface area contributed by atoms with Gasteiger partial charge in [-0.3, -0.25) is 14.2 Å². The van der Waals surface area contributed by atoms with Gasteiger partial charge >= 0.3 is 0 Å². The average molecular weight is 461 g/mol. The molecule has 3 aromatic rings. The fourth-order valence-electron chi connectivity index (χ4n) is 5.80. The zero-order valence-corrected chi connectivity index (χ0v) is 20.3. The summed E-state index contributed by atoms with van der Waals surface area (Å²) in [5.41, 5.74) is 8.49. The van der Waals surface area contributed by atoms with E-state index in [1.807, 2.05) is 16.6 Å². The van der Waals surface area contributed by atoms with Crippen molar-refractivity contribution < 1.29 is 9.53 Å². The Morgan fingerprint density at radius 1 is 1.18 bits per heavy atom. The summed E-state index contributed by atoms with van der Waals surface area (Å²) in [7, 11) is 1.97. The molecule has 6 rings (SSSR count). The van der Waals surface area contributed by atoms with Gasteiger partial charge in [-0.2, -0.15) is 10.2 Å². The topological polar surface area (TPSA) is 68.4 Å². The van der Waals surface area contributed by atoms with Crippen molar-refractivity contribution in [3.8, 4) is 11.1 Å². The number of fused-ring (bicyclic) bond motifs is 2. The number of anilines is 2. The van der Waals surface area contributed by atoms with Crippen LogP contribution in [0.15, 0.2) is 24.4 Å². The van der Waals surface area contributed by atoms with Crippen molar-refractivity contribution in [3.63, 3.8) is 0 Å². The van der Waals surface area contributed by atoms with Crippen LogP contribution in [0, 0.1) is 6.92 Å². The fraction of sp³-hybridized carbons (Fsp3) is 0.500. The second kappa shape index (κ2) is 8.27. The molecule has 178 valence electrons. The minimum atomic E-state index is 0.129. The predicted octanol–water partition coefficient (Wildman–Crippen LogP) is 3.54. The monoisotopic (exact) mass is 460 g/mol. The number of benzene rings is 1. The first-order valence-corrected chi connectivity index (χ1v) is 12.3. The van der Waals surface area contributed by atoms with Crippen LogP contribution in [0.4, 0.5) is 11.5 Å². The summed E-state index contributed by atoms with van der Waals surface area (Å²) in [6.07, 6.45) is 6.06. The summed E-state index contributed by atoms with van der Waals surface area (Å²) in [6.45, 7) is 7.55. The molecule has 1 saturated heterocycles. The minimum absolute atomic E-state index is 0.129. The number of ether oxygens (including phenoxy) is 1. The largest absolute Gasteiger partial charge is 0.379 e. The molecule has 1 unspecified atom stereocenters.